The van der Waals surface area contributed by atoms with Crippen molar-refractivity contribution in [3.8, 4) is 11.4 Å². The number of amides is 1. The number of imidazole rings is 1. The Kier molecular flexibility index (Phi) is 7.97. The maximum absolute atomic E-state index is 14.0. The number of allylic oxidation sites excluding steroid dienone is 1. The monoisotopic (exact) mass is 503 g/mol. The molecule has 1 amide bonds. The molecule has 0 unspecified atom stereocenters. The van der Waals surface area contributed by atoms with Gasteiger partial charge in [-0.3, -0.25) is 24.2 Å². The molecule has 2 N–H and O–H groups in total. The van der Waals surface area contributed by atoms with Crippen LogP contribution in [0, 0.1) is 11.6 Å². The van der Waals surface area contributed by atoms with Crippen molar-refractivity contribution in [2.24, 2.45) is 10.7 Å². The molecule has 1 atom stereocenters. The molecule has 0 bridgehead atoms. The molecular weight excluding hydrogens is 476 g/mol. The fourth-order valence-corrected chi connectivity index (χ4v) is 3.89. The zero-order valence-electron chi connectivity index (χ0n) is 20.6. The van der Waals surface area contributed by atoms with Crippen LogP contribution in [0.1, 0.15) is 36.5 Å². The highest BCUT2D eigenvalue weighted by atomic mass is 19.1. The average Bonchev–Trinajstić information content (AvgIpc) is 3.28. The van der Waals surface area contributed by atoms with Crippen molar-refractivity contribution >= 4 is 23.5 Å². The number of rotatable bonds is 6. The molecule has 190 valence electrons. The van der Waals surface area contributed by atoms with Gasteiger partial charge in [-0.2, -0.15) is 0 Å². The summed E-state index contributed by atoms with van der Waals surface area (Å²) in [6.45, 7) is 4.93. The van der Waals surface area contributed by atoms with Crippen LogP contribution in [0.25, 0.3) is 22.7 Å². The van der Waals surface area contributed by atoms with Crippen molar-refractivity contribution in [2.75, 3.05) is 13.1 Å². The highest BCUT2D eigenvalue weighted by Crippen LogP contribution is 2.28. The van der Waals surface area contributed by atoms with Crippen LogP contribution in [-0.4, -0.2) is 55.5 Å². The van der Waals surface area contributed by atoms with E-state index in [0.29, 0.717) is 41.5 Å². The number of hydrogen-bond donors (Lipinski definition) is 1. The lowest BCUT2D eigenvalue weighted by molar-refractivity contribution is 0.0476. The molecule has 0 radical (unpaired) electrons. The summed E-state index contributed by atoms with van der Waals surface area (Å²) in [4.78, 5) is 32.4. The zero-order valence-corrected chi connectivity index (χ0v) is 20.6. The summed E-state index contributed by atoms with van der Waals surface area (Å²) in [5, 5.41) is 0. The number of nitrogens with two attached hydrogens (primary N) is 1. The second kappa shape index (κ2) is 11.5. The quantitative estimate of drug-likeness (QED) is 0.394. The van der Waals surface area contributed by atoms with E-state index >= 15 is 0 Å². The summed E-state index contributed by atoms with van der Waals surface area (Å²) in [6.07, 6.45) is 7.88. The van der Waals surface area contributed by atoms with Crippen LogP contribution in [0.4, 0.5) is 8.78 Å². The summed E-state index contributed by atoms with van der Waals surface area (Å²) < 4.78 is 28.5. The normalized spacial score (nSPS) is 15.4. The number of halogens is 2. The molecule has 5 heterocycles. The van der Waals surface area contributed by atoms with Crippen LogP contribution < -0.4 is 5.73 Å². The van der Waals surface area contributed by atoms with E-state index in [9.17, 15) is 13.6 Å². The highest BCUT2D eigenvalue weighted by molar-refractivity contribution is 6.00. The summed E-state index contributed by atoms with van der Waals surface area (Å²) >= 11 is 0. The standard InChI is InChI=1S/C25H21F2N7O.C2H6/c26-16-4-6-20(31-13-16)19(28)8-11-29-14-18-9-12-33(18)25(35)24-23(21-3-1-2-10-30-21)32-22-7-5-17(27)15-34(22)24;1-2/h1-8,10-11,13,15,18H,9,12,14,28H2;1-2H3/b19-8-,29-11?;/t18-;/m0./s1. The van der Waals surface area contributed by atoms with Crippen molar-refractivity contribution in [3.63, 3.8) is 0 Å². The summed E-state index contributed by atoms with van der Waals surface area (Å²) in [7, 11) is 0. The first kappa shape index (κ1) is 25.6. The van der Waals surface area contributed by atoms with Crippen LogP contribution in [0.2, 0.25) is 0 Å². The zero-order chi connectivity index (χ0) is 26.4. The Morgan fingerprint density at radius 3 is 2.62 bits per heavy atom. The number of aromatic nitrogens is 4. The Morgan fingerprint density at radius 1 is 1.14 bits per heavy atom. The van der Waals surface area contributed by atoms with E-state index in [2.05, 4.69) is 19.9 Å². The van der Waals surface area contributed by atoms with Gasteiger partial charge in [0.25, 0.3) is 5.91 Å². The summed E-state index contributed by atoms with van der Waals surface area (Å²) in [6, 6.07) is 10.8. The van der Waals surface area contributed by atoms with E-state index in [1.54, 1.807) is 35.5 Å². The maximum atomic E-state index is 14.0. The number of fused-ring (bicyclic) bond motifs is 1. The average molecular weight is 504 g/mol. The van der Waals surface area contributed by atoms with E-state index < -0.39 is 11.6 Å². The molecule has 10 heteroatoms. The SMILES string of the molecule is CC.N/C(=C\C=NC[C@@H]1CCN1C(=O)c1c(-c2ccccn2)nc2ccc(F)cn12)c1ccc(F)cn1. The van der Waals surface area contributed by atoms with E-state index in [1.807, 2.05) is 19.9 Å². The Bertz CT molecular complexity index is 1430. The van der Waals surface area contributed by atoms with Gasteiger partial charge in [-0.05, 0) is 48.9 Å². The van der Waals surface area contributed by atoms with Gasteiger partial charge in [0.05, 0.1) is 35.9 Å². The smallest absolute Gasteiger partial charge is 0.273 e. The molecule has 4 aromatic heterocycles. The second-order valence-electron chi connectivity index (χ2n) is 8.04. The Balaban J connectivity index is 0.00000156. The number of carbonyl (C=O) groups is 1. The number of carbonyl (C=O) groups excluding carboxylic acids is 1. The number of pyridine rings is 3. The first-order valence-electron chi connectivity index (χ1n) is 12.0. The maximum Gasteiger partial charge on any atom is 0.273 e. The Labute approximate surface area is 213 Å². The van der Waals surface area contributed by atoms with Gasteiger partial charge in [-0.1, -0.05) is 19.9 Å². The van der Waals surface area contributed by atoms with E-state index in [1.165, 1.54) is 34.9 Å². The largest absolute Gasteiger partial charge is 0.397 e. The Morgan fingerprint density at radius 2 is 1.95 bits per heavy atom. The molecule has 0 aromatic carbocycles. The lowest BCUT2D eigenvalue weighted by Gasteiger charge is -2.40. The van der Waals surface area contributed by atoms with E-state index in [4.69, 9.17) is 5.73 Å². The van der Waals surface area contributed by atoms with Crippen molar-refractivity contribution in [3.05, 3.63) is 90.2 Å². The summed E-state index contributed by atoms with van der Waals surface area (Å²) in [5.74, 6) is -1.17. The molecule has 37 heavy (non-hydrogen) atoms. The predicted molar refractivity (Wildman–Crippen MR) is 139 cm³/mol. The second-order valence-corrected chi connectivity index (χ2v) is 8.04. The van der Waals surface area contributed by atoms with Gasteiger partial charge in [0.15, 0.2) is 0 Å². The van der Waals surface area contributed by atoms with Crippen LogP contribution in [0.15, 0.2) is 72.1 Å². The molecule has 0 spiro atoms. The lowest BCUT2D eigenvalue weighted by Crippen LogP contribution is -2.53. The van der Waals surface area contributed by atoms with Gasteiger partial charge in [-0.25, -0.2) is 13.8 Å². The van der Waals surface area contributed by atoms with Crippen molar-refractivity contribution in [1.29, 1.82) is 0 Å². The first-order chi connectivity index (χ1) is 18.0. The van der Waals surface area contributed by atoms with E-state index in [0.717, 1.165) is 12.6 Å². The van der Waals surface area contributed by atoms with Crippen LogP contribution in [0.3, 0.4) is 0 Å². The molecule has 4 aromatic rings. The predicted octanol–water partition coefficient (Wildman–Crippen LogP) is 4.38. The summed E-state index contributed by atoms with van der Waals surface area (Å²) in [5.41, 5.74) is 8.41. The van der Waals surface area contributed by atoms with E-state index in [-0.39, 0.29) is 17.6 Å². The number of hydrogen-bond acceptors (Lipinski definition) is 6. The molecule has 0 aliphatic carbocycles. The van der Waals surface area contributed by atoms with Gasteiger partial charge < -0.3 is 10.6 Å². The minimum Gasteiger partial charge on any atom is -0.397 e. The Hall–Kier alpha value is -4.47. The molecule has 1 fully saturated rings. The molecule has 5 rings (SSSR count). The van der Waals surface area contributed by atoms with Crippen molar-refractivity contribution in [2.45, 2.75) is 26.3 Å². The molecule has 8 nitrogen and oxygen atoms in total. The minimum atomic E-state index is -0.471. The molecule has 1 aliphatic heterocycles. The fourth-order valence-electron chi connectivity index (χ4n) is 3.89. The number of aliphatic imine (C=N–C) groups is 1. The van der Waals surface area contributed by atoms with Gasteiger partial charge in [-0.15, -0.1) is 0 Å². The fraction of sp³-hybridized carbons (Fsp3) is 0.222. The lowest BCUT2D eigenvalue weighted by atomic mass is 10.0. The molecule has 1 aliphatic rings. The van der Waals surface area contributed by atoms with Crippen LogP contribution in [-0.2, 0) is 0 Å². The van der Waals surface area contributed by atoms with Gasteiger partial charge in [0, 0.05) is 25.2 Å². The topological polar surface area (TPSA) is 102 Å². The third-order valence-corrected chi connectivity index (χ3v) is 5.80. The minimum absolute atomic E-state index is 0.118. The van der Waals surface area contributed by atoms with Crippen molar-refractivity contribution in [1.82, 2.24) is 24.3 Å². The molecule has 1 saturated heterocycles. The number of nitrogens with zero attached hydrogens (tertiary/aromatic N) is 6. The van der Waals surface area contributed by atoms with Crippen LogP contribution in [0.5, 0.6) is 0 Å². The van der Waals surface area contributed by atoms with Gasteiger partial charge in [0.2, 0.25) is 0 Å². The van der Waals surface area contributed by atoms with Gasteiger partial charge in [0.1, 0.15) is 28.7 Å². The molecular formula is C27H27F2N7O. The number of likely N-dealkylation sites (tertiary alicyclic amines) is 1. The van der Waals surface area contributed by atoms with Gasteiger partial charge >= 0.3 is 0 Å². The first-order valence-corrected chi connectivity index (χ1v) is 12.0. The molecule has 0 saturated carbocycles. The third kappa shape index (κ3) is 5.53. The highest BCUT2D eigenvalue weighted by Gasteiger charge is 2.35. The third-order valence-electron chi connectivity index (χ3n) is 5.80. The van der Waals surface area contributed by atoms with Crippen molar-refractivity contribution < 1.29 is 13.6 Å². The van der Waals surface area contributed by atoms with Crippen LogP contribution >= 0.6 is 0 Å².